The van der Waals surface area contributed by atoms with Gasteiger partial charge in [-0.25, -0.2) is 8.42 Å². The number of carbonyl (C=O) groups is 2. The van der Waals surface area contributed by atoms with Crippen LogP contribution >= 0.6 is 0 Å². The summed E-state index contributed by atoms with van der Waals surface area (Å²) >= 11 is 0. The Hall–Kier alpha value is -3.57. The van der Waals surface area contributed by atoms with E-state index in [0.717, 1.165) is 33.4 Å². The minimum absolute atomic E-state index is 0. The summed E-state index contributed by atoms with van der Waals surface area (Å²) < 4.78 is 40.5. The summed E-state index contributed by atoms with van der Waals surface area (Å²) in [5, 5.41) is 2.25. The van der Waals surface area contributed by atoms with E-state index in [0.29, 0.717) is 18.0 Å². The van der Waals surface area contributed by atoms with E-state index < -0.39 is 33.6 Å². The Morgan fingerprint density at radius 3 is 2.17 bits per heavy atom. The number of carbonyl (C=O) groups excluding carboxylic acids is 2. The number of nitrogens with one attached hydrogen (secondary N) is 1. The second-order valence-corrected chi connectivity index (χ2v) is 13.8. The molecule has 2 unspecified atom stereocenters. The monoisotopic (exact) mass is 672 g/mol. The second-order valence-electron chi connectivity index (χ2n) is 12.3. The summed E-state index contributed by atoms with van der Waals surface area (Å²) in [5.41, 5.74) is 10.8. The Morgan fingerprint density at radius 2 is 1.54 bits per heavy atom. The van der Waals surface area contributed by atoms with Crippen LogP contribution in [0, 0.1) is 0 Å². The molecule has 242 valence electrons. The molecular formula is C38H37N2NaO6S. The van der Waals surface area contributed by atoms with Gasteiger partial charge in [-0.3, -0.25) is 9.59 Å². The van der Waals surface area contributed by atoms with Gasteiger partial charge in [-0.15, -0.1) is 0 Å². The number of fused-ring (bicyclic) bond motifs is 1. The molecule has 1 heterocycles. The van der Waals surface area contributed by atoms with E-state index in [1.807, 2.05) is 66.7 Å². The average Bonchev–Trinajstić information content (AvgIpc) is 3.52. The van der Waals surface area contributed by atoms with E-state index in [2.05, 4.69) is 17.4 Å². The SMILES string of the molecule is NCC(C(=O)c1ccc(CC(C(=O)Nc2ccc(-c3cc4ccccc4o3)cc2)c2ccc(C3CCCCC3)cc2)cc1)S(=O)(=O)[O-].[Na+]. The third-order valence-electron chi connectivity index (χ3n) is 9.13. The Kier molecular flexibility index (Phi) is 11.7. The van der Waals surface area contributed by atoms with Gasteiger partial charge in [0.15, 0.2) is 5.78 Å². The number of anilines is 1. The third-order valence-corrected chi connectivity index (χ3v) is 10.2. The summed E-state index contributed by atoms with van der Waals surface area (Å²) in [6, 6.07) is 32.0. The van der Waals surface area contributed by atoms with Gasteiger partial charge in [-0.2, -0.15) is 0 Å². The summed E-state index contributed by atoms with van der Waals surface area (Å²) in [6.07, 6.45) is 6.43. The number of ketones is 1. The molecule has 1 saturated carbocycles. The van der Waals surface area contributed by atoms with Gasteiger partial charge in [0.2, 0.25) is 5.91 Å². The predicted octanol–water partition coefficient (Wildman–Crippen LogP) is 4.17. The van der Waals surface area contributed by atoms with Crippen molar-refractivity contribution in [2.75, 3.05) is 11.9 Å². The molecule has 10 heteroatoms. The summed E-state index contributed by atoms with van der Waals surface area (Å²) in [6.45, 7) is -0.592. The maximum absolute atomic E-state index is 13.9. The first-order valence-electron chi connectivity index (χ1n) is 16.0. The van der Waals surface area contributed by atoms with Crippen molar-refractivity contribution in [1.29, 1.82) is 0 Å². The summed E-state index contributed by atoms with van der Waals surface area (Å²) in [4.78, 5) is 26.6. The molecule has 0 saturated heterocycles. The predicted molar refractivity (Wildman–Crippen MR) is 182 cm³/mol. The Morgan fingerprint density at radius 1 is 0.875 bits per heavy atom. The maximum Gasteiger partial charge on any atom is 1.00 e. The van der Waals surface area contributed by atoms with Crippen molar-refractivity contribution < 1.29 is 56.5 Å². The van der Waals surface area contributed by atoms with E-state index in [4.69, 9.17) is 10.2 Å². The standard InChI is InChI=1S/C38H38N2O6S.Na/c39-24-36(47(43,44)45)37(41)30-12-10-25(11-13-30)22-33(28-16-14-27(15-17-28)26-6-2-1-3-7-26)38(42)40-32-20-18-29(19-21-32)35-23-31-8-4-5-9-34(31)46-35;/h4-5,8-21,23,26,33,36H,1-3,6-7,22,24,39H2,(H,40,42)(H,43,44,45);/q;+1/p-1. The van der Waals surface area contributed by atoms with Crippen LogP contribution < -0.4 is 40.6 Å². The molecule has 0 spiro atoms. The van der Waals surface area contributed by atoms with Gasteiger partial charge >= 0.3 is 29.6 Å². The number of nitrogens with two attached hydrogens (primary N) is 1. The number of para-hydroxylation sites is 1. The Bertz CT molecular complexity index is 1930. The molecule has 0 aliphatic heterocycles. The number of hydrogen-bond acceptors (Lipinski definition) is 7. The molecule has 6 rings (SSSR count). The largest absolute Gasteiger partial charge is 1.00 e. The van der Waals surface area contributed by atoms with Crippen LogP contribution in [0.25, 0.3) is 22.3 Å². The summed E-state index contributed by atoms with van der Waals surface area (Å²) in [5.74, 6) is -0.297. The zero-order valence-corrected chi connectivity index (χ0v) is 29.7. The number of Topliss-reactive ketones (excluding diaryl/α,β-unsaturated/α-hetero) is 1. The molecule has 1 amide bonds. The van der Waals surface area contributed by atoms with Gasteiger partial charge in [-0.1, -0.05) is 86.0 Å². The van der Waals surface area contributed by atoms with Crippen LogP contribution in [-0.4, -0.2) is 36.5 Å². The average molecular weight is 673 g/mol. The van der Waals surface area contributed by atoms with Crippen molar-refractivity contribution >= 4 is 38.5 Å². The van der Waals surface area contributed by atoms with Crippen LogP contribution in [0.4, 0.5) is 5.69 Å². The van der Waals surface area contributed by atoms with Crippen LogP contribution in [0.3, 0.4) is 0 Å². The molecule has 1 fully saturated rings. The van der Waals surface area contributed by atoms with Crippen molar-refractivity contribution in [2.24, 2.45) is 5.73 Å². The van der Waals surface area contributed by atoms with E-state index in [1.54, 1.807) is 12.1 Å². The normalized spacial score (nSPS) is 15.0. The van der Waals surface area contributed by atoms with Gasteiger partial charge < -0.3 is 20.0 Å². The zero-order valence-electron chi connectivity index (χ0n) is 26.9. The molecule has 8 nitrogen and oxygen atoms in total. The third kappa shape index (κ3) is 8.34. The van der Waals surface area contributed by atoms with Crippen molar-refractivity contribution in [3.63, 3.8) is 0 Å². The smallest absolute Gasteiger partial charge is 0.747 e. The number of benzene rings is 4. The zero-order chi connectivity index (χ0) is 33.0. The quantitative estimate of drug-likeness (QED) is 0.122. The molecule has 1 aliphatic rings. The van der Waals surface area contributed by atoms with E-state index in [-0.39, 0.29) is 41.0 Å². The van der Waals surface area contributed by atoms with E-state index in [1.165, 1.54) is 49.8 Å². The minimum Gasteiger partial charge on any atom is -0.747 e. The first-order chi connectivity index (χ1) is 22.7. The maximum atomic E-state index is 13.9. The van der Waals surface area contributed by atoms with Crippen molar-refractivity contribution in [3.05, 3.63) is 125 Å². The summed E-state index contributed by atoms with van der Waals surface area (Å²) in [7, 11) is -4.89. The first-order valence-corrected chi connectivity index (χ1v) is 17.4. The molecule has 0 radical (unpaired) electrons. The van der Waals surface area contributed by atoms with Gasteiger partial charge in [0, 0.05) is 28.7 Å². The van der Waals surface area contributed by atoms with Crippen molar-refractivity contribution in [1.82, 2.24) is 0 Å². The molecule has 0 bridgehead atoms. The topological polar surface area (TPSA) is 143 Å². The second kappa shape index (κ2) is 15.8. The minimum atomic E-state index is -4.89. The van der Waals surface area contributed by atoms with Crippen LogP contribution in [-0.2, 0) is 21.3 Å². The molecule has 1 aliphatic carbocycles. The number of amides is 1. The van der Waals surface area contributed by atoms with Gasteiger partial charge in [0.25, 0.3) is 0 Å². The Labute approximate surface area is 303 Å². The molecule has 5 aromatic rings. The van der Waals surface area contributed by atoms with E-state index in [9.17, 15) is 22.6 Å². The van der Waals surface area contributed by atoms with Crippen LogP contribution in [0.1, 0.15) is 71.0 Å². The number of rotatable bonds is 11. The van der Waals surface area contributed by atoms with Gasteiger partial charge in [0.05, 0.1) is 5.92 Å². The molecule has 4 aromatic carbocycles. The number of hydrogen-bond donors (Lipinski definition) is 2. The fourth-order valence-electron chi connectivity index (χ4n) is 6.45. The van der Waals surface area contributed by atoms with Crippen LogP contribution in [0.15, 0.2) is 108 Å². The molecule has 3 N–H and O–H groups in total. The van der Waals surface area contributed by atoms with Crippen molar-refractivity contribution in [2.45, 2.75) is 55.6 Å². The first kappa shape index (κ1) is 35.7. The molecular weight excluding hydrogens is 635 g/mol. The molecule has 1 aromatic heterocycles. The molecule has 2 atom stereocenters. The Balaban J connectivity index is 0.00000451. The van der Waals surface area contributed by atoms with Gasteiger partial charge in [-0.05, 0) is 78.3 Å². The van der Waals surface area contributed by atoms with Crippen molar-refractivity contribution in [3.8, 4) is 11.3 Å². The fourth-order valence-corrected chi connectivity index (χ4v) is 7.09. The van der Waals surface area contributed by atoms with Crippen LogP contribution in [0.2, 0.25) is 0 Å². The van der Waals surface area contributed by atoms with E-state index >= 15 is 0 Å². The van der Waals surface area contributed by atoms with Crippen LogP contribution in [0.5, 0.6) is 0 Å². The fraction of sp³-hybridized carbons (Fsp3) is 0.263. The molecule has 48 heavy (non-hydrogen) atoms. The van der Waals surface area contributed by atoms with Gasteiger partial charge in [0.1, 0.15) is 26.7 Å². The number of furan rings is 1.